The number of hydrogen-bond donors (Lipinski definition) is 0. The monoisotopic (exact) mass is 466 g/mol. The van der Waals surface area contributed by atoms with E-state index in [9.17, 15) is 9.59 Å². The Balaban J connectivity index is 1.15. The van der Waals surface area contributed by atoms with Crippen molar-refractivity contribution in [3.8, 4) is 23.0 Å². The Labute approximate surface area is 197 Å². The lowest BCUT2D eigenvalue weighted by Gasteiger charge is -2.36. The highest BCUT2D eigenvalue weighted by atomic mass is 16.7. The van der Waals surface area contributed by atoms with E-state index in [4.69, 9.17) is 23.7 Å². The largest absolute Gasteiger partial charge is 0.454 e. The lowest BCUT2D eigenvalue weighted by molar-refractivity contribution is -0.0335. The zero-order valence-corrected chi connectivity index (χ0v) is 18.7. The Hall–Kier alpha value is -3.46. The Morgan fingerprint density at radius 2 is 1.50 bits per heavy atom. The van der Waals surface area contributed by atoms with Crippen LogP contribution in [0.3, 0.4) is 0 Å². The third kappa shape index (κ3) is 4.23. The molecule has 3 aliphatic heterocycles. The Morgan fingerprint density at radius 1 is 0.853 bits per heavy atom. The van der Waals surface area contributed by atoms with Crippen LogP contribution in [0.2, 0.25) is 0 Å². The van der Waals surface area contributed by atoms with Gasteiger partial charge >= 0.3 is 0 Å². The van der Waals surface area contributed by atoms with E-state index in [0.717, 1.165) is 12.8 Å². The van der Waals surface area contributed by atoms with Crippen molar-refractivity contribution < 1.29 is 33.3 Å². The van der Waals surface area contributed by atoms with E-state index in [0.29, 0.717) is 72.8 Å². The molecule has 34 heavy (non-hydrogen) atoms. The Kier molecular flexibility index (Phi) is 5.41. The zero-order valence-electron chi connectivity index (χ0n) is 18.7. The number of rotatable bonds is 6. The molecule has 1 atom stereocenters. The van der Waals surface area contributed by atoms with Crippen LogP contribution in [0, 0.1) is 5.92 Å². The molecule has 0 aromatic heterocycles. The number of carbonyl (C=O) groups is 2. The number of carbonyl (C=O) groups excluding carboxylic acids is 2. The van der Waals surface area contributed by atoms with Crippen LogP contribution in [0.15, 0.2) is 36.4 Å². The maximum atomic E-state index is 13.4. The molecule has 1 saturated carbocycles. The minimum Gasteiger partial charge on any atom is -0.454 e. The first-order valence-corrected chi connectivity index (χ1v) is 11.6. The number of amides is 2. The summed E-state index contributed by atoms with van der Waals surface area (Å²) in [6.45, 7) is 2.79. The fraction of sp³-hybridized carbons (Fsp3) is 0.440. The summed E-state index contributed by atoms with van der Waals surface area (Å²) in [6.07, 6.45) is 2.00. The van der Waals surface area contributed by atoms with Crippen molar-refractivity contribution in [3.05, 3.63) is 47.5 Å². The van der Waals surface area contributed by atoms with Gasteiger partial charge in [0.05, 0.1) is 12.7 Å². The normalized spacial score (nSPS) is 20.4. The van der Waals surface area contributed by atoms with Crippen LogP contribution in [0.25, 0.3) is 0 Å². The van der Waals surface area contributed by atoms with E-state index in [-0.39, 0.29) is 31.5 Å². The molecule has 2 aromatic rings. The summed E-state index contributed by atoms with van der Waals surface area (Å²) in [5.74, 6) is 2.85. The van der Waals surface area contributed by atoms with Crippen molar-refractivity contribution in [2.45, 2.75) is 18.9 Å². The van der Waals surface area contributed by atoms with Crippen molar-refractivity contribution in [1.29, 1.82) is 0 Å². The van der Waals surface area contributed by atoms with Crippen molar-refractivity contribution >= 4 is 11.8 Å². The van der Waals surface area contributed by atoms with Crippen LogP contribution in [0.1, 0.15) is 33.6 Å². The summed E-state index contributed by atoms with van der Waals surface area (Å²) in [5.41, 5.74) is 1.12. The molecule has 1 saturated heterocycles. The predicted octanol–water partition coefficient (Wildman–Crippen LogP) is 2.54. The number of nitrogens with zero attached hydrogens (tertiary/aromatic N) is 2. The van der Waals surface area contributed by atoms with Gasteiger partial charge in [0.15, 0.2) is 23.0 Å². The van der Waals surface area contributed by atoms with Crippen molar-refractivity contribution in [1.82, 2.24) is 9.80 Å². The van der Waals surface area contributed by atoms with Gasteiger partial charge in [0.2, 0.25) is 13.6 Å². The summed E-state index contributed by atoms with van der Waals surface area (Å²) in [6, 6.07) is 10.5. The predicted molar refractivity (Wildman–Crippen MR) is 119 cm³/mol. The second kappa shape index (κ2) is 8.72. The summed E-state index contributed by atoms with van der Waals surface area (Å²) in [5, 5.41) is 0. The van der Waals surface area contributed by atoms with Crippen LogP contribution in [0.5, 0.6) is 23.0 Å². The fourth-order valence-electron chi connectivity index (χ4n) is 4.54. The third-order valence-corrected chi connectivity index (χ3v) is 6.55. The van der Waals surface area contributed by atoms with E-state index >= 15 is 0 Å². The van der Waals surface area contributed by atoms with E-state index < -0.39 is 0 Å². The van der Waals surface area contributed by atoms with Crippen molar-refractivity contribution in [2.24, 2.45) is 5.92 Å². The first-order valence-electron chi connectivity index (χ1n) is 11.6. The van der Waals surface area contributed by atoms with Crippen LogP contribution >= 0.6 is 0 Å². The van der Waals surface area contributed by atoms with Crippen LogP contribution in [-0.4, -0.2) is 74.1 Å². The molecule has 4 aliphatic rings. The van der Waals surface area contributed by atoms with E-state index in [1.54, 1.807) is 41.3 Å². The molecule has 3 heterocycles. The molecular formula is C25H26N2O7. The quantitative estimate of drug-likeness (QED) is 0.647. The first-order chi connectivity index (χ1) is 16.6. The van der Waals surface area contributed by atoms with Gasteiger partial charge < -0.3 is 33.5 Å². The molecule has 0 N–H and O–H groups in total. The van der Waals surface area contributed by atoms with Gasteiger partial charge in [0.25, 0.3) is 11.8 Å². The van der Waals surface area contributed by atoms with Crippen LogP contribution in [-0.2, 0) is 4.74 Å². The van der Waals surface area contributed by atoms with E-state index in [2.05, 4.69) is 0 Å². The molecule has 0 spiro atoms. The van der Waals surface area contributed by atoms with Gasteiger partial charge in [0, 0.05) is 37.3 Å². The number of morpholine rings is 1. The summed E-state index contributed by atoms with van der Waals surface area (Å²) >= 11 is 0. The van der Waals surface area contributed by atoms with Gasteiger partial charge in [-0.2, -0.15) is 0 Å². The highest BCUT2D eigenvalue weighted by Crippen LogP contribution is 2.35. The minimum atomic E-state index is -0.261. The number of hydrogen-bond acceptors (Lipinski definition) is 7. The minimum absolute atomic E-state index is 0.0620. The van der Waals surface area contributed by atoms with Gasteiger partial charge in [-0.25, -0.2) is 0 Å². The molecule has 0 radical (unpaired) electrons. The molecule has 2 aromatic carbocycles. The van der Waals surface area contributed by atoms with Gasteiger partial charge in [-0.3, -0.25) is 9.59 Å². The summed E-state index contributed by atoms with van der Waals surface area (Å²) in [7, 11) is 0. The smallest absolute Gasteiger partial charge is 0.254 e. The molecule has 0 bridgehead atoms. The van der Waals surface area contributed by atoms with Crippen LogP contribution < -0.4 is 18.9 Å². The van der Waals surface area contributed by atoms with Crippen LogP contribution in [0.4, 0.5) is 0 Å². The van der Waals surface area contributed by atoms with Gasteiger partial charge in [-0.15, -0.1) is 0 Å². The molecule has 2 amide bonds. The van der Waals surface area contributed by atoms with Gasteiger partial charge in [-0.05, 0) is 55.2 Å². The lowest BCUT2D eigenvalue weighted by atomic mass is 10.1. The SMILES string of the molecule is O=C(c1ccc2c(c1)OCO2)N1CCOC(CN(CC2CC2)C(=O)c2ccc3c(c2)OCO3)C1. The van der Waals surface area contributed by atoms with Crippen molar-refractivity contribution in [2.75, 3.05) is 46.4 Å². The number of fused-ring (bicyclic) bond motifs is 2. The average molecular weight is 466 g/mol. The Morgan fingerprint density at radius 3 is 2.21 bits per heavy atom. The summed E-state index contributed by atoms with van der Waals surface area (Å²) < 4.78 is 27.5. The maximum Gasteiger partial charge on any atom is 0.254 e. The molecule has 6 rings (SSSR count). The maximum absolute atomic E-state index is 13.4. The molecule has 9 nitrogen and oxygen atoms in total. The lowest BCUT2D eigenvalue weighted by Crippen LogP contribution is -2.51. The zero-order chi connectivity index (χ0) is 23.1. The fourth-order valence-corrected chi connectivity index (χ4v) is 4.54. The highest BCUT2D eigenvalue weighted by Gasteiger charge is 2.33. The van der Waals surface area contributed by atoms with Gasteiger partial charge in [0.1, 0.15) is 0 Å². The molecule has 2 fully saturated rings. The van der Waals surface area contributed by atoms with Gasteiger partial charge in [-0.1, -0.05) is 0 Å². The molecule has 178 valence electrons. The molecule has 1 unspecified atom stereocenters. The van der Waals surface area contributed by atoms with E-state index in [1.807, 2.05) is 4.90 Å². The molecule has 9 heteroatoms. The molecule has 1 aliphatic carbocycles. The molecular weight excluding hydrogens is 440 g/mol. The summed E-state index contributed by atoms with van der Waals surface area (Å²) in [4.78, 5) is 30.2. The highest BCUT2D eigenvalue weighted by molar-refractivity contribution is 5.96. The average Bonchev–Trinajstić information content (AvgIpc) is 3.35. The van der Waals surface area contributed by atoms with Crippen molar-refractivity contribution in [3.63, 3.8) is 0 Å². The van der Waals surface area contributed by atoms with E-state index in [1.165, 1.54) is 0 Å². The second-order valence-corrected chi connectivity index (χ2v) is 9.03. The Bertz CT molecular complexity index is 1120. The number of benzene rings is 2. The topological polar surface area (TPSA) is 86.8 Å². The second-order valence-electron chi connectivity index (χ2n) is 9.03. The third-order valence-electron chi connectivity index (χ3n) is 6.55. The first kappa shape index (κ1) is 21.1. The standard InChI is InChI=1S/C25H26N2O7/c28-24(17-3-5-20-22(9-17)33-14-31-20)26-7-8-30-19(12-26)13-27(11-16-1-2-16)25(29)18-4-6-21-23(10-18)34-15-32-21/h3-6,9-10,16,19H,1-2,7-8,11-15H2. The number of ether oxygens (including phenoxy) is 5.